The fourth-order valence-corrected chi connectivity index (χ4v) is 4.51. The minimum absolute atomic E-state index is 0.234. The van der Waals surface area contributed by atoms with Crippen LogP contribution < -0.4 is 9.47 Å². The molecule has 24 heavy (non-hydrogen) atoms. The summed E-state index contributed by atoms with van der Waals surface area (Å²) >= 11 is 0. The van der Waals surface area contributed by atoms with E-state index in [0.29, 0.717) is 0 Å². The summed E-state index contributed by atoms with van der Waals surface area (Å²) in [4.78, 5) is 0. The number of hydrogen-bond acceptors (Lipinski definition) is 2. The molecule has 0 N–H and O–H groups in total. The topological polar surface area (TPSA) is 18.5 Å². The van der Waals surface area contributed by atoms with Gasteiger partial charge < -0.3 is 9.47 Å². The summed E-state index contributed by atoms with van der Waals surface area (Å²) < 4.78 is 11.2. The fourth-order valence-electron chi connectivity index (χ4n) is 4.51. The molecular formula is C22H18O2. The zero-order valence-electron chi connectivity index (χ0n) is 13.7. The molecule has 2 nitrogen and oxygen atoms in total. The zero-order valence-corrected chi connectivity index (χ0v) is 13.7. The highest BCUT2D eigenvalue weighted by atomic mass is 16.5. The Hall–Kier alpha value is -2.74. The van der Waals surface area contributed by atoms with Crippen molar-refractivity contribution in [1.29, 1.82) is 0 Å². The third kappa shape index (κ3) is 1.60. The average molecular weight is 314 g/mol. The minimum atomic E-state index is 0.234. The van der Waals surface area contributed by atoms with Crippen LogP contribution in [0.1, 0.15) is 45.2 Å². The highest BCUT2D eigenvalue weighted by Gasteiger charge is 2.42. The number of methoxy groups -OCH3 is 2. The standard InChI is InChI=1S/C22H18O2/c1-23-13-10-11-16-18(12-13)20-14-6-3-4-7-15(14)21(16)22-17(20)8-5-9-19(22)24-2/h3-12,20-21H,1-2H3. The molecule has 0 saturated carbocycles. The SMILES string of the molecule is COc1ccc2c(c1)C1c3ccccc3C2c2c(OC)cccc21. The van der Waals surface area contributed by atoms with Gasteiger partial charge >= 0.3 is 0 Å². The second kappa shape index (κ2) is 4.88. The maximum atomic E-state index is 5.72. The van der Waals surface area contributed by atoms with Gasteiger partial charge in [0.1, 0.15) is 11.5 Å². The van der Waals surface area contributed by atoms with Crippen LogP contribution >= 0.6 is 0 Å². The van der Waals surface area contributed by atoms with Crippen LogP contribution in [0.5, 0.6) is 11.5 Å². The Morgan fingerprint density at radius 3 is 2.08 bits per heavy atom. The van der Waals surface area contributed by atoms with Crippen molar-refractivity contribution >= 4 is 0 Å². The van der Waals surface area contributed by atoms with Crippen LogP contribution in [0.4, 0.5) is 0 Å². The van der Waals surface area contributed by atoms with E-state index in [9.17, 15) is 0 Å². The van der Waals surface area contributed by atoms with Gasteiger partial charge in [0.15, 0.2) is 0 Å². The number of ether oxygens (including phenoxy) is 2. The number of hydrogen-bond donors (Lipinski definition) is 0. The Morgan fingerprint density at radius 1 is 0.625 bits per heavy atom. The van der Waals surface area contributed by atoms with Crippen molar-refractivity contribution in [2.24, 2.45) is 0 Å². The van der Waals surface area contributed by atoms with Gasteiger partial charge in [0.2, 0.25) is 0 Å². The van der Waals surface area contributed by atoms with Crippen LogP contribution in [-0.4, -0.2) is 14.2 Å². The normalized spacial score (nSPS) is 19.2. The molecule has 0 saturated heterocycles. The van der Waals surface area contributed by atoms with Crippen molar-refractivity contribution in [2.75, 3.05) is 14.2 Å². The quantitative estimate of drug-likeness (QED) is 0.470. The maximum Gasteiger partial charge on any atom is 0.123 e. The molecular weight excluding hydrogens is 296 g/mol. The second-order valence-corrected chi connectivity index (χ2v) is 6.45. The number of rotatable bonds is 2. The van der Waals surface area contributed by atoms with Gasteiger partial charge in [-0.25, -0.2) is 0 Å². The van der Waals surface area contributed by atoms with Crippen molar-refractivity contribution in [3.63, 3.8) is 0 Å². The first-order valence-corrected chi connectivity index (χ1v) is 8.27. The molecule has 0 heterocycles. The lowest BCUT2D eigenvalue weighted by atomic mass is 9.61. The van der Waals surface area contributed by atoms with E-state index in [4.69, 9.17) is 9.47 Å². The molecule has 3 aromatic carbocycles. The molecule has 0 spiro atoms. The summed E-state index contributed by atoms with van der Waals surface area (Å²) in [6.07, 6.45) is 0. The lowest BCUT2D eigenvalue weighted by molar-refractivity contribution is 0.405. The van der Waals surface area contributed by atoms with Gasteiger partial charge in [-0.1, -0.05) is 42.5 Å². The van der Waals surface area contributed by atoms with E-state index >= 15 is 0 Å². The smallest absolute Gasteiger partial charge is 0.123 e. The number of benzene rings is 3. The van der Waals surface area contributed by atoms with Crippen molar-refractivity contribution in [3.05, 3.63) is 94.0 Å². The van der Waals surface area contributed by atoms with Crippen LogP contribution in [0, 0.1) is 0 Å². The van der Waals surface area contributed by atoms with Gasteiger partial charge in [-0.2, -0.15) is 0 Å². The van der Waals surface area contributed by atoms with Gasteiger partial charge in [0.05, 0.1) is 14.2 Å². The molecule has 3 aliphatic carbocycles. The molecule has 2 unspecified atom stereocenters. The maximum absolute atomic E-state index is 5.72. The Bertz CT molecular complexity index is 956. The van der Waals surface area contributed by atoms with Gasteiger partial charge in [-0.05, 0) is 46.0 Å². The van der Waals surface area contributed by atoms with Crippen molar-refractivity contribution in [1.82, 2.24) is 0 Å². The lowest BCUT2D eigenvalue weighted by Gasteiger charge is -2.42. The molecule has 3 aliphatic rings. The first-order valence-electron chi connectivity index (χ1n) is 8.27. The predicted octanol–water partition coefficient (Wildman–Crippen LogP) is 4.69. The van der Waals surface area contributed by atoms with E-state index in [1.807, 2.05) is 0 Å². The second-order valence-electron chi connectivity index (χ2n) is 6.45. The van der Waals surface area contributed by atoms with Crippen molar-refractivity contribution < 1.29 is 9.47 Å². The summed E-state index contributed by atoms with van der Waals surface area (Å²) in [7, 11) is 3.49. The van der Waals surface area contributed by atoms with Crippen LogP contribution in [0.3, 0.4) is 0 Å². The highest BCUT2D eigenvalue weighted by Crippen LogP contribution is 2.58. The molecule has 2 atom stereocenters. The summed E-state index contributed by atoms with van der Waals surface area (Å²) in [5.74, 6) is 2.39. The molecule has 2 bridgehead atoms. The highest BCUT2D eigenvalue weighted by molar-refractivity contribution is 5.70. The molecule has 0 fully saturated rings. The van der Waals surface area contributed by atoms with E-state index in [0.717, 1.165) is 11.5 Å². The van der Waals surface area contributed by atoms with Gasteiger partial charge in [-0.3, -0.25) is 0 Å². The van der Waals surface area contributed by atoms with Gasteiger partial charge in [0.25, 0.3) is 0 Å². The molecule has 0 aliphatic heterocycles. The zero-order chi connectivity index (χ0) is 16.3. The van der Waals surface area contributed by atoms with E-state index in [1.54, 1.807) is 14.2 Å². The summed E-state index contributed by atoms with van der Waals surface area (Å²) in [6, 6.07) is 21.7. The lowest BCUT2D eigenvalue weighted by Crippen LogP contribution is -2.27. The Kier molecular flexibility index (Phi) is 2.78. The molecule has 0 aromatic heterocycles. The largest absolute Gasteiger partial charge is 0.497 e. The summed E-state index contributed by atoms with van der Waals surface area (Å²) in [5.41, 5.74) is 8.22. The first kappa shape index (κ1) is 13.7. The predicted molar refractivity (Wildman–Crippen MR) is 94.3 cm³/mol. The van der Waals surface area contributed by atoms with E-state index in [1.165, 1.54) is 33.4 Å². The first-order chi connectivity index (χ1) is 11.8. The average Bonchev–Trinajstić information content (AvgIpc) is 2.66. The van der Waals surface area contributed by atoms with Crippen molar-refractivity contribution in [2.45, 2.75) is 11.8 Å². The summed E-state index contributed by atoms with van der Waals surface area (Å²) in [6.45, 7) is 0. The molecule has 0 amide bonds. The van der Waals surface area contributed by atoms with Crippen LogP contribution in [0.25, 0.3) is 0 Å². The third-order valence-corrected chi connectivity index (χ3v) is 5.45. The Labute approximate surface area is 141 Å². The van der Waals surface area contributed by atoms with Crippen LogP contribution in [0.2, 0.25) is 0 Å². The van der Waals surface area contributed by atoms with Gasteiger partial charge in [0, 0.05) is 17.4 Å². The third-order valence-electron chi connectivity index (χ3n) is 5.45. The molecule has 118 valence electrons. The molecule has 3 aromatic rings. The Balaban J connectivity index is 1.87. The van der Waals surface area contributed by atoms with E-state index < -0.39 is 0 Å². The molecule has 6 rings (SSSR count). The monoisotopic (exact) mass is 314 g/mol. The molecule has 0 radical (unpaired) electrons. The fraction of sp³-hybridized carbons (Fsp3) is 0.182. The van der Waals surface area contributed by atoms with Gasteiger partial charge in [-0.15, -0.1) is 0 Å². The molecule has 2 heteroatoms. The Morgan fingerprint density at radius 2 is 1.33 bits per heavy atom. The van der Waals surface area contributed by atoms with Crippen LogP contribution in [0.15, 0.2) is 60.7 Å². The minimum Gasteiger partial charge on any atom is -0.497 e. The van der Waals surface area contributed by atoms with E-state index in [2.05, 4.69) is 60.7 Å². The van der Waals surface area contributed by atoms with Crippen molar-refractivity contribution in [3.8, 4) is 11.5 Å². The summed E-state index contributed by atoms with van der Waals surface area (Å²) in [5, 5.41) is 0. The van der Waals surface area contributed by atoms with E-state index in [-0.39, 0.29) is 11.8 Å². The van der Waals surface area contributed by atoms with Crippen LogP contribution in [-0.2, 0) is 0 Å².